The molecule has 0 bridgehead atoms. The Bertz CT molecular complexity index is 812. The lowest BCUT2D eigenvalue weighted by atomic mass is 10.1. The Morgan fingerprint density at radius 1 is 0.538 bits per heavy atom. The second-order valence-corrected chi connectivity index (χ2v) is 8.06. The van der Waals surface area contributed by atoms with E-state index in [2.05, 4.69) is 0 Å². The van der Waals surface area contributed by atoms with Gasteiger partial charge in [-0.2, -0.15) is 0 Å². The molecule has 2 aromatic carbocycles. The van der Waals surface area contributed by atoms with Crippen molar-refractivity contribution in [2.24, 2.45) is 0 Å². The average molecular weight is 384 g/mol. The van der Waals surface area contributed by atoms with Crippen LogP contribution in [0.3, 0.4) is 0 Å². The van der Waals surface area contributed by atoms with Crippen LogP contribution >= 0.6 is 21.6 Å². The number of hydrogen-bond donors (Lipinski definition) is 0. The summed E-state index contributed by atoms with van der Waals surface area (Å²) < 4.78 is 0. The maximum atomic E-state index is 12.3. The first-order valence-electron chi connectivity index (χ1n) is 7.74. The molecule has 2 heterocycles. The SMILES string of the molecule is O=C1c2ccccc2C(=O)N1CSSCN1C(=O)c2ccccc2C1=O. The van der Waals surface area contributed by atoms with E-state index in [0.717, 1.165) is 0 Å². The zero-order valence-corrected chi connectivity index (χ0v) is 15.0. The molecule has 2 aliphatic rings. The van der Waals surface area contributed by atoms with Crippen LogP contribution in [0.1, 0.15) is 41.4 Å². The predicted octanol–water partition coefficient (Wildman–Crippen LogP) is 2.88. The van der Waals surface area contributed by atoms with Crippen molar-refractivity contribution in [2.75, 3.05) is 11.8 Å². The molecule has 0 aliphatic carbocycles. The van der Waals surface area contributed by atoms with Crippen molar-refractivity contribution < 1.29 is 19.2 Å². The third kappa shape index (κ3) is 2.62. The molecular weight excluding hydrogens is 372 g/mol. The summed E-state index contributed by atoms with van der Waals surface area (Å²) in [4.78, 5) is 51.4. The van der Waals surface area contributed by atoms with Crippen molar-refractivity contribution in [3.05, 3.63) is 70.8 Å². The Hall–Kier alpha value is -2.58. The van der Waals surface area contributed by atoms with Gasteiger partial charge in [-0.25, -0.2) is 0 Å². The number of hydrogen-bond acceptors (Lipinski definition) is 6. The van der Waals surface area contributed by atoms with E-state index in [0.29, 0.717) is 22.3 Å². The standard InChI is InChI=1S/C18H12N2O4S2/c21-15-11-5-1-2-6-12(11)16(22)19(15)9-25-26-10-20-17(23)13-7-3-4-8-14(13)18(20)24/h1-8H,9-10H2. The molecule has 0 radical (unpaired) electrons. The Balaban J connectivity index is 1.35. The van der Waals surface area contributed by atoms with E-state index in [1.165, 1.54) is 31.4 Å². The van der Waals surface area contributed by atoms with Crippen LogP contribution in [0.15, 0.2) is 48.5 Å². The van der Waals surface area contributed by atoms with Crippen LogP contribution in [-0.4, -0.2) is 45.2 Å². The smallest absolute Gasteiger partial charge is 0.262 e. The molecule has 4 rings (SSSR count). The van der Waals surface area contributed by atoms with Crippen molar-refractivity contribution in [3.8, 4) is 0 Å². The Kier molecular flexibility index (Phi) is 4.29. The van der Waals surface area contributed by atoms with E-state index in [-0.39, 0.29) is 35.4 Å². The Morgan fingerprint density at radius 2 is 0.808 bits per heavy atom. The highest BCUT2D eigenvalue weighted by atomic mass is 33.1. The van der Waals surface area contributed by atoms with Crippen molar-refractivity contribution in [1.82, 2.24) is 9.80 Å². The van der Waals surface area contributed by atoms with Gasteiger partial charge in [-0.15, -0.1) is 0 Å². The number of amides is 4. The molecule has 0 spiro atoms. The second-order valence-electron chi connectivity index (χ2n) is 5.66. The van der Waals surface area contributed by atoms with Crippen molar-refractivity contribution >= 4 is 45.2 Å². The number of benzene rings is 2. The van der Waals surface area contributed by atoms with E-state index >= 15 is 0 Å². The normalized spacial score (nSPS) is 15.7. The van der Waals surface area contributed by atoms with Gasteiger partial charge in [-0.05, 0) is 24.3 Å². The number of nitrogens with zero attached hydrogens (tertiary/aromatic N) is 2. The summed E-state index contributed by atoms with van der Waals surface area (Å²) in [5.41, 5.74) is 1.62. The molecule has 4 amide bonds. The number of carbonyl (C=O) groups is 4. The monoisotopic (exact) mass is 384 g/mol. The summed E-state index contributed by atoms with van der Waals surface area (Å²) in [6, 6.07) is 13.4. The van der Waals surface area contributed by atoms with E-state index in [9.17, 15) is 19.2 Å². The minimum Gasteiger partial charge on any atom is -0.269 e. The van der Waals surface area contributed by atoms with Crippen LogP contribution in [0, 0.1) is 0 Å². The number of rotatable bonds is 5. The highest BCUT2D eigenvalue weighted by molar-refractivity contribution is 8.76. The first-order valence-corrected chi connectivity index (χ1v) is 10.2. The highest BCUT2D eigenvalue weighted by Gasteiger charge is 2.36. The molecule has 0 unspecified atom stereocenters. The van der Waals surface area contributed by atoms with Crippen LogP contribution in [-0.2, 0) is 0 Å². The maximum absolute atomic E-state index is 12.3. The Morgan fingerprint density at radius 3 is 1.08 bits per heavy atom. The largest absolute Gasteiger partial charge is 0.269 e. The lowest BCUT2D eigenvalue weighted by Gasteiger charge is -2.15. The summed E-state index contributed by atoms with van der Waals surface area (Å²) in [7, 11) is 2.51. The summed E-state index contributed by atoms with van der Waals surface area (Å²) in [5, 5.41) is 0. The molecule has 2 aromatic rings. The molecule has 130 valence electrons. The van der Waals surface area contributed by atoms with Gasteiger partial charge in [-0.3, -0.25) is 29.0 Å². The maximum Gasteiger partial charge on any atom is 0.262 e. The van der Waals surface area contributed by atoms with Crippen molar-refractivity contribution in [2.45, 2.75) is 0 Å². The van der Waals surface area contributed by atoms with Gasteiger partial charge in [0.25, 0.3) is 23.6 Å². The van der Waals surface area contributed by atoms with Gasteiger partial charge in [0.05, 0.1) is 34.0 Å². The molecule has 26 heavy (non-hydrogen) atoms. The first-order chi connectivity index (χ1) is 12.6. The minimum atomic E-state index is -0.320. The molecular formula is C18H12N2O4S2. The lowest BCUT2D eigenvalue weighted by molar-refractivity contribution is 0.0668. The first kappa shape index (κ1) is 16.9. The molecule has 0 atom stereocenters. The fourth-order valence-electron chi connectivity index (χ4n) is 2.89. The van der Waals surface area contributed by atoms with Crippen LogP contribution in [0.2, 0.25) is 0 Å². The average Bonchev–Trinajstić information content (AvgIpc) is 3.06. The van der Waals surface area contributed by atoms with E-state index < -0.39 is 0 Å². The molecule has 0 fully saturated rings. The van der Waals surface area contributed by atoms with Crippen LogP contribution in [0.5, 0.6) is 0 Å². The number of carbonyl (C=O) groups excluding carboxylic acids is 4. The fourth-order valence-corrected chi connectivity index (χ4v) is 4.80. The van der Waals surface area contributed by atoms with Gasteiger partial charge in [-0.1, -0.05) is 45.9 Å². The third-order valence-electron chi connectivity index (χ3n) is 4.20. The molecule has 0 saturated carbocycles. The van der Waals surface area contributed by atoms with Crippen LogP contribution < -0.4 is 0 Å². The van der Waals surface area contributed by atoms with Gasteiger partial charge in [0.2, 0.25) is 0 Å². The predicted molar refractivity (Wildman–Crippen MR) is 98.8 cm³/mol. The summed E-state index contributed by atoms with van der Waals surface area (Å²) in [6.07, 6.45) is 0. The van der Waals surface area contributed by atoms with E-state index in [4.69, 9.17) is 0 Å². The summed E-state index contributed by atoms with van der Waals surface area (Å²) in [6.45, 7) is 0. The number of imide groups is 2. The molecule has 0 N–H and O–H groups in total. The quantitative estimate of drug-likeness (QED) is 0.448. The topological polar surface area (TPSA) is 74.8 Å². The third-order valence-corrected chi connectivity index (χ3v) is 6.23. The van der Waals surface area contributed by atoms with E-state index in [1.54, 1.807) is 48.5 Å². The van der Waals surface area contributed by atoms with Crippen LogP contribution in [0.4, 0.5) is 0 Å². The highest BCUT2D eigenvalue weighted by Crippen LogP contribution is 2.31. The molecule has 2 aliphatic heterocycles. The number of fused-ring (bicyclic) bond motifs is 2. The molecule has 6 nitrogen and oxygen atoms in total. The van der Waals surface area contributed by atoms with Gasteiger partial charge < -0.3 is 0 Å². The summed E-state index contributed by atoms with van der Waals surface area (Å²) >= 11 is 0. The zero-order chi connectivity index (χ0) is 18.3. The van der Waals surface area contributed by atoms with Crippen molar-refractivity contribution in [1.29, 1.82) is 0 Å². The molecule has 0 aromatic heterocycles. The van der Waals surface area contributed by atoms with Gasteiger partial charge >= 0.3 is 0 Å². The minimum absolute atomic E-state index is 0.153. The molecule has 8 heteroatoms. The molecule has 0 saturated heterocycles. The Labute approximate surface area is 156 Å². The summed E-state index contributed by atoms with van der Waals surface area (Å²) in [5.74, 6) is -0.974. The van der Waals surface area contributed by atoms with Crippen LogP contribution in [0.25, 0.3) is 0 Å². The van der Waals surface area contributed by atoms with Gasteiger partial charge in [0.15, 0.2) is 0 Å². The van der Waals surface area contributed by atoms with Crippen molar-refractivity contribution in [3.63, 3.8) is 0 Å². The van der Waals surface area contributed by atoms with Gasteiger partial charge in [0.1, 0.15) is 0 Å². The zero-order valence-electron chi connectivity index (χ0n) is 13.4. The second kappa shape index (κ2) is 6.62. The lowest BCUT2D eigenvalue weighted by Crippen LogP contribution is -2.30. The fraction of sp³-hybridized carbons (Fsp3) is 0.111. The van der Waals surface area contributed by atoms with E-state index in [1.807, 2.05) is 0 Å². The van der Waals surface area contributed by atoms with Gasteiger partial charge in [0, 0.05) is 0 Å².